The van der Waals surface area contributed by atoms with Crippen molar-refractivity contribution in [2.24, 2.45) is 0 Å². The van der Waals surface area contributed by atoms with Gasteiger partial charge in [-0.25, -0.2) is 9.18 Å². The van der Waals surface area contributed by atoms with Crippen molar-refractivity contribution in [2.75, 3.05) is 13.7 Å². The van der Waals surface area contributed by atoms with Gasteiger partial charge >= 0.3 is 5.97 Å². The molecule has 1 aromatic carbocycles. The maximum absolute atomic E-state index is 13.8. The lowest BCUT2D eigenvalue weighted by molar-refractivity contribution is 0.0595. The Hall–Kier alpha value is -1.46. The molecule has 0 heterocycles. The van der Waals surface area contributed by atoms with Crippen molar-refractivity contribution in [1.82, 2.24) is 5.32 Å². The number of methoxy groups -OCH3 is 1. The van der Waals surface area contributed by atoms with Crippen molar-refractivity contribution >= 4 is 5.97 Å². The maximum atomic E-state index is 13.8. The summed E-state index contributed by atoms with van der Waals surface area (Å²) >= 11 is 0. The van der Waals surface area contributed by atoms with Crippen molar-refractivity contribution in [3.05, 3.63) is 35.1 Å². The first kappa shape index (κ1) is 16.6. The molecule has 0 fully saturated rings. The van der Waals surface area contributed by atoms with E-state index < -0.39 is 11.8 Å². The number of carbonyl (C=O) groups excluding carboxylic acids is 1. The van der Waals surface area contributed by atoms with Gasteiger partial charge in [-0.3, -0.25) is 0 Å². The summed E-state index contributed by atoms with van der Waals surface area (Å²) in [6.07, 6.45) is 1.56. The normalized spacial score (nSPS) is 11.4. The van der Waals surface area contributed by atoms with Crippen molar-refractivity contribution in [1.29, 1.82) is 0 Å². The van der Waals surface area contributed by atoms with Crippen LogP contribution in [0.15, 0.2) is 18.2 Å². The quantitative estimate of drug-likeness (QED) is 0.754. The van der Waals surface area contributed by atoms with Crippen LogP contribution in [-0.4, -0.2) is 30.3 Å². The molecule has 0 spiro atoms. The Morgan fingerprint density at radius 1 is 1.40 bits per heavy atom. The monoisotopic (exact) mass is 283 g/mol. The van der Waals surface area contributed by atoms with Gasteiger partial charge in [0.25, 0.3) is 0 Å². The van der Waals surface area contributed by atoms with Gasteiger partial charge in [-0.1, -0.05) is 19.9 Å². The van der Waals surface area contributed by atoms with Crippen molar-refractivity contribution in [3.63, 3.8) is 0 Å². The molecule has 2 N–H and O–H groups in total. The third-order valence-corrected chi connectivity index (χ3v) is 3.76. The van der Waals surface area contributed by atoms with Crippen LogP contribution in [0.2, 0.25) is 0 Å². The number of aliphatic hydroxyl groups is 1. The fourth-order valence-electron chi connectivity index (χ4n) is 2.01. The van der Waals surface area contributed by atoms with Crippen LogP contribution in [0.3, 0.4) is 0 Å². The average molecular weight is 283 g/mol. The largest absolute Gasteiger partial charge is 0.465 e. The van der Waals surface area contributed by atoms with Gasteiger partial charge in [-0.2, -0.15) is 0 Å². The van der Waals surface area contributed by atoms with Crippen molar-refractivity contribution < 1.29 is 19.0 Å². The summed E-state index contributed by atoms with van der Waals surface area (Å²) in [5, 5.41) is 12.7. The molecule has 0 atom stereocenters. The van der Waals surface area contributed by atoms with Crippen LogP contribution in [-0.2, 0) is 11.3 Å². The van der Waals surface area contributed by atoms with E-state index in [1.807, 2.05) is 13.8 Å². The molecule has 0 unspecified atom stereocenters. The second-order valence-electron chi connectivity index (χ2n) is 4.80. The summed E-state index contributed by atoms with van der Waals surface area (Å²) in [7, 11) is 1.22. The number of halogens is 1. The second-order valence-corrected chi connectivity index (χ2v) is 4.80. The summed E-state index contributed by atoms with van der Waals surface area (Å²) in [5.74, 6) is -1.28. The van der Waals surface area contributed by atoms with Crippen molar-refractivity contribution in [3.8, 4) is 0 Å². The molecule has 0 amide bonds. The van der Waals surface area contributed by atoms with Crippen LogP contribution in [0.25, 0.3) is 0 Å². The van der Waals surface area contributed by atoms with E-state index in [4.69, 9.17) is 0 Å². The number of hydrogen-bond acceptors (Lipinski definition) is 4. The number of nitrogens with one attached hydrogen (secondary N) is 1. The molecule has 1 aromatic rings. The molecule has 5 heteroatoms. The molecular weight excluding hydrogens is 261 g/mol. The zero-order valence-electron chi connectivity index (χ0n) is 12.2. The molecule has 0 radical (unpaired) electrons. The minimum atomic E-state index is -0.686. The summed E-state index contributed by atoms with van der Waals surface area (Å²) in [6, 6.07) is 4.40. The first-order valence-electron chi connectivity index (χ1n) is 6.74. The van der Waals surface area contributed by atoms with Crippen LogP contribution in [0.4, 0.5) is 4.39 Å². The number of esters is 1. The first-order chi connectivity index (χ1) is 9.51. The van der Waals surface area contributed by atoms with Gasteiger partial charge in [0.2, 0.25) is 0 Å². The Balaban J connectivity index is 2.80. The number of hydrogen-bond donors (Lipinski definition) is 2. The first-order valence-corrected chi connectivity index (χ1v) is 6.74. The predicted octanol–water partition coefficient (Wildman–Crippen LogP) is 2.25. The Bertz CT molecular complexity index is 450. The third kappa shape index (κ3) is 3.77. The molecule has 112 valence electrons. The molecule has 4 nitrogen and oxygen atoms in total. The number of benzene rings is 1. The van der Waals surface area contributed by atoms with Gasteiger partial charge in [0.05, 0.1) is 19.3 Å². The lowest BCUT2D eigenvalue weighted by atomic mass is 9.93. The molecule has 20 heavy (non-hydrogen) atoms. The Morgan fingerprint density at radius 2 is 2.05 bits per heavy atom. The van der Waals surface area contributed by atoms with Gasteiger partial charge in [0.1, 0.15) is 5.82 Å². The van der Waals surface area contributed by atoms with Gasteiger partial charge in [-0.05, 0) is 30.5 Å². The fourth-order valence-corrected chi connectivity index (χ4v) is 2.01. The van der Waals surface area contributed by atoms with E-state index in [0.717, 1.165) is 18.4 Å². The molecule has 0 aliphatic heterocycles. The highest BCUT2D eigenvalue weighted by molar-refractivity contribution is 5.89. The molecule has 0 saturated carbocycles. The summed E-state index contributed by atoms with van der Waals surface area (Å²) in [5.41, 5.74) is 0.294. The zero-order chi connectivity index (χ0) is 15.2. The maximum Gasteiger partial charge on any atom is 0.340 e. The second kappa shape index (κ2) is 7.36. The van der Waals surface area contributed by atoms with Crippen LogP contribution < -0.4 is 5.32 Å². The topological polar surface area (TPSA) is 58.6 Å². The zero-order valence-corrected chi connectivity index (χ0v) is 12.2. The van der Waals surface area contributed by atoms with Crippen LogP contribution in [0, 0.1) is 5.82 Å². The highest BCUT2D eigenvalue weighted by atomic mass is 19.1. The SMILES string of the molecule is CCC(CC)(CO)NCc1ccc(C(=O)OC)c(F)c1. The highest BCUT2D eigenvalue weighted by Crippen LogP contribution is 2.17. The van der Waals surface area contributed by atoms with E-state index in [9.17, 15) is 14.3 Å². The number of carbonyl (C=O) groups is 1. The Morgan fingerprint density at radius 3 is 2.50 bits per heavy atom. The Labute approximate surface area is 119 Å². The van der Waals surface area contributed by atoms with E-state index in [-0.39, 0.29) is 17.7 Å². The Kier molecular flexibility index (Phi) is 6.10. The fraction of sp³-hybridized carbons (Fsp3) is 0.533. The highest BCUT2D eigenvalue weighted by Gasteiger charge is 2.24. The van der Waals surface area contributed by atoms with Crippen LogP contribution in [0.5, 0.6) is 0 Å². The lowest BCUT2D eigenvalue weighted by Gasteiger charge is -2.31. The average Bonchev–Trinajstić information content (AvgIpc) is 2.48. The smallest absolute Gasteiger partial charge is 0.340 e. The molecule has 1 rings (SSSR count). The minimum Gasteiger partial charge on any atom is -0.465 e. The molecule has 0 saturated heterocycles. The number of rotatable bonds is 7. The van der Waals surface area contributed by atoms with Gasteiger partial charge in [0.15, 0.2) is 0 Å². The van der Waals surface area contributed by atoms with E-state index in [1.54, 1.807) is 6.07 Å². The van der Waals surface area contributed by atoms with Gasteiger partial charge < -0.3 is 15.2 Å². The van der Waals surface area contributed by atoms with Crippen LogP contribution >= 0.6 is 0 Å². The summed E-state index contributed by atoms with van der Waals surface area (Å²) < 4.78 is 18.3. The number of aliphatic hydroxyl groups excluding tert-OH is 1. The van der Waals surface area contributed by atoms with E-state index in [0.29, 0.717) is 6.54 Å². The van der Waals surface area contributed by atoms with E-state index in [2.05, 4.69) is 10.1 Å². The molecular formula is C15H22FNO3. The number of ether oxygens (including phenoxy) is 1. The summed E-state index contributed by atoms with van der Waals surface area (Å²) in [6.45, 7) is 4.45. The van der Waals surface area contributed by atoms with Crippen LogP contribution in [0.1, 0.15) is 42.6 Å². The predicted molar refractivity (Wildman–Crippen MR) is 75.0 cm³/mol. The van der Waals surface area contributed by atoms with E-state index >= 15 is 0 Å². The molecule has 0 bridgehead atoms. The molecule has 0 aliphatic rings. The molecule has 0 aliphatic carbocycles. The van der Waals surface area contributed by atoms with Gasteiger partial charge in [0, 0.05) is 12.1 Å². The van der Waals surface area contributed by atoms with E-state index in [1.165, 1.54) is 19.2 Å². The summed E-state index contributed by atoms with van der Waals surface area (Å²) in [4.78, 5) is 11.3. The van der Waals surface area contributed by atoms with Gasteiger partial charge in [-0.15, -0.1) is 0 Å². The standard InChI is InChI=1S/C15H22FNO3/c1-4-15(5-2,10-18)17-9-11-6-7-12(13(16)8-11)14(19)20-3/h6-8,17-18H,4-5,9-10H2,1-3H3. The van der Waals surface area contributed by atoms with Crippen molar-refractivity contribution in [2.45, 2.75) is 38.8 Å². The molecule has 0 aromatic heterocycles. The minimum absolute atomic E-state index is 0.0305. The lowest BCUT2D eigenvalue weighted by Crippen LogP contribution is -2.47. The third-order valence-electron chi connectivity index (χ3n) is 3.76.